The number of rotatable bonds is 3. The molecular formula is C13H17BrFN3. The van der Waals surface area contributed by atoms with Gasteiger partial charge in [0.15, 0.2) is 5.96 Å². The summed E-state index contributed by atoms with van der Waals surface area (Å²) in [5.74, 6) is 0.832. The van der Waals surface area contributed by atoms with E-state index in [4.69, 9.17) is 5.73 Å². The molecule has 0 bridgehead atoms. The number of hydrogen-bond donors (Lipinski definition) is 1. The van der Waals surface area contributed by atoms with Crippen molar-refractivity contribution < 1.29 is 4.39 Å². The minimum Gasteiger partial charge on any atom is -0.370 e. The van der Waals surface area contributed by atoms with Crippen molar-refractivity contribution in [1.29, 1.82) is 0 Å². The van der Waals surface area contributed by atoms with Crippen LogP contribution in [0, 0.1) is 11.7 Å². The predicted octanol–water partition coefficient (Wildman–Crippen LogP) is 2.92. The summed E-state index contributed by atoms with van der Waals surface area (Å²) in [5, 5.41) is 0. The van der Waals surface area contributed by atoms with Gasteiger partial charge in [-0.05, 0) is 39.5 Å². The van der Waals surface area contributed by atoms with E-state index in [1.165, 1.54) is 6.07 Å². The first-order valence-electron chi connectivity index (χ1n) is 6.00. The average Bonchev–Trinajstić information content (AvgIpc) is 2.64. The average molecular weight is 314 g/mol. The second-order valence-corrected chi connectivity index (χ2v) is 5.79. The Morgan fingerprint density at radius 1 is 1.56 bits per heavy atom. The van der Waals surface area contributed by atoms with Crippen LogP contribution in [0.25, 0.3) is 0 Å². The van der Waals surface area contributed by atoms with Gasteiger partial charge in [0.05, 0.1) is 17.1 Å². The molecule has 0 amide bonds. The Labute approximate surface area is 115 Å². The van der Waals surface area contributed by atoms with E-state index in [-0.39, 0.29) is 11.9 Å². The number of nitrogens with zero attached hydrogens (tertiary/aromatic N) is 2. The third-order valence-corrected chi connectivity index (χ3v) is 3.59. The normalized spacial score (nSPS) is 19.5. The maximum atomic E-state index is 13.3. The maximum absolute atomic E-state index is 13.3. The van der Waals surface area contributed by atoms with Crippen LogP contribution in [0.15, 0.2) is 27.7 Å². The quantitative estimate of drug-likeness (QED) is 0.932. The number of nitrogens with two attached hydrogens (primary N) is 1. The van der Waals surface area contributed by atoms with Crippen LogP contribution in [-0.4, -0.2) is 23.9 Å². The van der Waals surface area contributed by atoms with E-state index < -0.39 is 0 Å². The molecule has 18 heavy (non-hydrogen) atoms. The fourth-order valence-corrected chi connectivity index (χ4v) is 2.54. The van der Waals surface area contributed by atoms with Gasteiger partial charge in [-0.1, -0.05) is 19.9 Å². The monoisotopic (exact) mass is 313 g/mol. The van der Waals surface area contributed by atoms with Gasteiger partial charge in [-0.3, -0.25) is 4.99 Å². The molecule has 1 aliphatic heterocycles. The van der Waals surface area contributed by atoms with Crippen LogP contribution in [0.3, 0.4) is 0 Å². The summed E-state index contributed by atoms with van der Waals surface area (Å²) in [5.41, 5.74) is 6.95. The molecule has 5 heteroatoms. The highest BCUT2D eigenvalue weighted by Gasteiger charge is 2.28. The van der Waals surface area contributed by atoms with E-state index in [2.05, 4.69) is 39.7 Å². The highest BCUT2D eigenvalue weighted by atomic mass is 79.9. The van der Waals surface area contributed by atoms with Gasteiger partial charge in [0.1, 0.15) is 5.82 Å². The van der Waals surface area contributed by atoms with E-state index in [1.54, 1.807) is 12.1 Å². The molecular weight excluding hydrogens is 297 g/mol. The molecule has 1 atom stereocenters. The zero-order valence-corrected chi connectivity index (χ0v) is 12.1. The minimum absolute atomic E-state index is 0.115. The summed E-state index contributed by atoms with van der Waals surface area (Å²) in [4.78, 5) is 6.38. The van der Waals surface area contributed by atoms with E-state index in [1.807, 2.05) is 0 Å². The van der Waals surface area contributed by atoms with Crippen molar-refractivity contribution in [3.63, 3.8) is 0 Å². The van der Waals surface area contributed by atoms with Gasteiger partial charge < -0.3 is 10.6 Å². The third kappa shape index (κ3) is 2.66. The number of hydrogen-bond acceptors (Lipinski definition) is 3. The highest BCUT2D eigenvalue weighted by molar-refractivity contribution is 9.10. The first kappa shape index (κ1) is 13.3. The fourth-order valence-electron chi connectivity index (χ4n) is 2.15. The van der Waals surface area contributed by atoms with Crippen molar-refractivity contribution in [2.45, 2.75) is 19.9 Å². The molecule has 0 fully saturated rings. The summed E-state index contributed by atoms with van der Waals surface area (Å²) in [6, 6.07) is 5.19. The summed E-state index contributed by atoms with van der Waals surface area (Å²) in [6.07, 6.45) is 0. The Morgan fingerprint density at radius 2 is 2.28 bits per heavy atom. The van der Waals surface area contributed by atoms with Gasteiger partial charge in [0, 0.05) is 6.54 Å². The molecule has 0 aromatic heterocycles. The van der Waals surface area contributed by atoms with Gasteiger partial charge >= 0.3 is 0 Å². The summed E-state index contributed by atoms with van der Waals surface area (Å²) in [7, 11) is 0. The van der Waals surface area contributed by atoms with Gasteiger partial charge in [0.25, 0.3) is 0 Å². The van der Waals surface area contributed by atoms with E-state index in [0.29, 0.717) is 22.9 Å². The van der Waals surface area contributed by atoms with Gasteiger partial charge in [0.2, 0.25) is 0 Å². The molecule has 0 spiro atoms. The fraction of sp³-hybridized carbons (Fsp3) is 0.462. The molecule has 98 valence electrons. The molecule has 1 heterocycles. The first-order valence-corrected chi connectivity index (χ1v) is 6.80. The lowest BCUT2D eigenvalue weighted by Gasteiger charge is -2.28. The SMILES string of the molecule is CC(C)CN1C(N)=NCC1c1ccc(F)c(Br)c1. The molecule has 3 nitrogen and oxygen atoms in total. The lowest BCUT2D eigenvalue weighted by atomic mass is 10.1. The lowest BCUT2D eigenvalue weighted by Crippen LogP contribution is -2.38. The van der Waals surface area contributed by atoms with Crippen LogP contribution in [-0.2, 0) is 0 Å². The van der Waals surface area contributed by atoms with Gasteiger partial charge in [-0.2, -0.15) is 0 Å². The summed E-state index contributed by atoms with van der Waals surface area (Å²) in [6.45, 7) is 5.78. The summed E-state index contributed by atoms with van der Waals surface area (Å²) >= 11 is 3.22. The predicted molar refractivity (Wildman–Crippen MR) is 74.9 cm³/mol. The Hall–Kier alpha value is -1.10. The van der Waals surface area contributed by atoms with Crippen LogP contribution in [0.5, 0.6) is 0 Å². The highest BCUT2D eigenvalue weighted by Crippen LogP contribution is 2.29. The smallest absolute Gasteiger partial charge is 0.191 e. The van der Waals surface area contributed by atoms with Crippen LogP contribution in [0.1, 0.15) is 25.5 Å². The van der Waals surface area contributed by atoms with Crippen molar-refractivity contribution in [3.05, 3.63) is 34.1 Å². The molecule has 1 aromatic rings. The zero-order chi connectivity index (χ0) is 13.3. The molecule has 0 radical (unpaired) electrons. The third-order valence-electron chi connectivity index (χ3n) is 2.99. The number of guanidine groups is 1. The van der Waals surface area contributed by atoms with Crippen LogP contribution < -0.4 is 5.73 Å². The first-order chi connectivity index (χ1) is 8.49. The van der Waals surface area contributed by atoms with Crippen LogP contribution in [0.2, 0.25) is 0 Å². The lowest BCUT2D eigenvalue weighted by molar-refractivity contribution is 0.309. The van der Waals surface area contributed by atoms with E-state index >= 15 is 0 Å². The molecule has 1 unspecified atom stereocenters. The molecule has 2 rings (SSSR count). The molecule has 1 aromatic carbocycles. The molecule has 0 aliphatic carbocycles. The van der Waals surface area contributed by atoms with E-state index in [9.17, 15) is 4.39 Å². The number of halogens is 2. The van der Waals surface area contributed by atoms with Gasteiger partial charge in [-0.15, -0.1) is 0 Å². The summed E-state index contributed by atoms with van der Waals surface area (Å²) < 4.78 is 13.7. The molecule has 0 saturated heterocycles. The van der Waals surface area contributed by atoms with E-state index in [0.717, 1.165) is 12.1 Å². The van der Waals surface area contributed by atoms with Crippen LogP contribution in [0.4, 0.5) is 4.39 Å². The molecule has 1 aliphatic rings. The van der Waals surface area contributed by atoms with Crippen molar-refractivity contribution in [2.75, 3.05) is 13.1 Å². The number of aliphatic imine (C=N–C) groups is 1. The second kappa shape index (κ2) is 5.26. The minimum atomic E-state index is -0.249. The maximum Gasteiger partial charge on any atom is 0.191 e. The Balaban J connectivity index is 2.24. The van der Waals surface area contributed by atoms with Crippen molar-refractivity contribution >= 4 is 21.9 Å². The van der Waals surface area contributed by atoms with Crippen molar-refractivity contribution in [3.8, 4) is 0 Å². The second-order valence-electron chi connectivity index (χ2n) is 4.93. The Morgan fingerprint density at radius 3 is 2.89 bits per heavy atom. The Kier molecular flexibility index (Phi) is 3.90. The molecule has 2 N–H and O–H groups in total. The Bertz CT molecular complexity index is 473. The largest absolute Gasteiger partial charge is 0.370 e. The van der Waals surface area contributed by atoms with Crippen LogP contribution >= 0.6 is 15.9 Å². The number of benzene rings is 1. The standard InChI is InChI=1S/C13H17BrFN3/c1-8(2)7-18-12(6-17-13(18)16)9-3-4-11(15)10(14)5-9/h3-5,8,12H,6-7H2,1-2H3,(H2,16,17). The molecule has 0 saturated carbocycles. The zero-order valence-electron chi connectivity index (χ0n) is 10.5. The topological polar surface area (TPSA) is 41.6 Å². The van der Waals surface area contributed by atoms with Crippen molar-refractivity contribution in [2.24, 2.45) is 16.6 Å². The van der Waals surface area contributed by atoms with Gasteiger partial charge in [-0.25, -0.2) is 4.39 Å². The van der Waals surface area contributed by atoms with Crippen molar-refractivity contribution in [1.82, 2.24) is 4.90 Å².